The Morgan fingerprint density at radius 3 is 2.56 bits per heavy atom. The normalized spacial score (nSPS) is 17.7. The van der Waals surface area contributed by atoms with Gasteiger partial charge in [-0.15, -0.1) is 0 Å². The minimum Gasteiger partial charge on any atom is -0.366 e. The second kappa shape index (κ2) is 5.49. The summed E-state index contributed by atoms with van der Waals surface area (Å²) in [5.74, 6) is -0.114. The third-order valence-corrected chi connectivity index (χ3v) is 3.01. The van der Waals surface area contributed by atoms with Crippen molar-refractivity contribution in [3.05, 3.63) is 42.0 Å². The van der Waals surface area contributed by atoms with E-state index in [1.54, 1.807) is 24.3 Å². The van der Waals surface area contributed by atoms with Gasteiger partial charge >= 0.3 is 0 Å². The largest absolute Gasteiger partial charge is 0.366 e. The highest BCUT2D eigenvalue weighted by Crippen LogP contribution is 2.21. The molecule has 0 saturated carbocycles. The van der Waals surface area contributed by atoms with Crippen molar-refractivity contribution in [2.45, 2.75) is 19.3 Å². The Bertz CT molecular complexity index is 477. The van der Waals surface area contributed by atoms with E-state index in [1.807, 2.05) is 0 Å². The SMILES string of the molecule is NC(=O)c1ccc(NC(=O)C[C@H]2C=CCC2)cc1. The van der Waals surface area contributed by atoms with E-state index < -0.39 is 5.91 Å². The van der Waals surface area contributed by atoms with Gasteiger partial charge in [-0.05, 0) is 43.0 Å². The van der Waals surface area contributed by atoms with Crippen LogP contribution in [0.3, 0.4) is 0 Å². The van der Waals surface area contributed by atoms with Crippen LogP contribution in [0.5, 0.6) is 0 Å². The Morgan fingerprint density at radius 1 is 1.28 bits per heavy atom. The number of rotatable bonds is 4. The van der Waals surface area contributed by atoms with Crippen LogP contribution in [0.4, 0.5) is 5.69 Å². The molecule has 1 atom stereocenters. The zero-order chi connectivity index (χ0) is 13.0. The maximum absolute atomic E-state index is 11.8. The number of carbonyl (C=O) groups is 2. The zero-order valence-corrected chi connectivity index (χ0v) is 10.1. The maximum Gasteiger partial charge on any atom is 0.248 e. The molecular formula is C14H16N2O2. The van der Waals surface area contributed by atoms with E-state index in [4.69, 9.17) is 5.73 Å². The quantitative estimate of drug-likeness (QED) is 0.796. The van der Waals surface area contributed by atoms with E-state index in [9.17, 15) is 9.59 Å². The lowest BCUT2D eigenvalue weighted by Crippen LogP contribution is -2.15. The number of amides is 2. The van der Waals surface area contributed by atoms with Crippen LogP contribution in [-0.2, 0) is 4.79 Å². The van der Waals surface area contributed by atoms with Gasteiger partial charge in [-0.2, -0.15) is 0 Å². The number of anilines is 1. The first-order valence-corrected chi connectivity index (χ1v) is 6.01. The third kappa shape index (κ3) is 3.20. The minimum absolute atomic E-state index is 0.00150. The lowest BCUT2D eigenvalue weighted by atomic mass is 10.0. The first kappa shape index (κ1) is 12.4. The van der Waals surface area contributed by atoms with Crippen LogP contribution >= 0.6 is 0 Å². The van der Waals surface area contributed by atoms with Crippen molar-refractivity contribution in [2.24, 2.45) is 11.7 Å². The van der Waals surface area contributed by atoms with Gasteiger partial charge in [0.2, 0.25) is 11.8 Å². The highest BCUT2D eigenvalue weighted by molar-refractivity contribution is 5.94. The number of primary amides is 1. The Morgan fingerprint density at radius 2 is 2.00 bits per heavy atom. The van der Waals surface area contributed by atoms with Crippen molar-refractivity contribution in [2.75, 3.05) is 5.32 Å². The molecule has 0 aliphatic heterocycles. The Balaban J connectivity index is 1.90. The summed E-state index contributed by atoms with van der Waals surface area (Å²) in [5, 5.41) is 2.81. The van der Waals surface area contributed by atoms with Crippen LogP contribution in [0.15, 0.2) is 36.4 Å². The first-order valence-electron chi connectivity index (χ1n) is 6.01. The molecule has 2 rings (SSSR count). The van der Waals surface area contributed by atoms with Crippen molar-refractivity contribution in [3.63, 3.8) is 0 Å². The molecule has 1 aliphatic carbocycles. The summed E-state index contributed by atoms with van der Waals surface area (Å²) in [5.41, 5.74) is 6.26. The van der Waals surface area contributed by atoms with E-state index in [0.717, 1.165) is 12.8 Å². The van der Waals surface area contributed by atoms with Crippen LogP contribution in [0.2, 0.25) is 0 Å². The second-order valence-electron chi connectivity index (χ2n) is 4.46. The molecule has 3 N–H and O–H groups in total. The average Bonchev–Trinajstić information content (AvgIpc) is 2.82. The van der Waals surface area contributed by atoms with Crippen LogP contribution in [0.1, 0.15) is 29.6 Å². The van der Waals surface area contributed by atoms with Crippen molar-refractivity contribution in [3.8, 4) is 0 Å². The highest BCUT2D eigenvalue weighted by atomic mass is 16.2. The van der Waals surface area contributed by atoms with Crippen molar-refractivity contribution in [1.29, 1.82) is 0 Å². The average molecular weight is 244 g/mol. The number of hydrogen-bond donors (Lipinski definition) is 2. The molecule has 0 heterocycles. The summed E-state index contributed by atoms with van der Waals surface area (Å²) < 4.78 is 0. The van der Waals surface area contributed by atoms with Gasteiger partial charge in [-0.3, -0.25) is 9.59 Å². The fourth-order valence-corrected chi connectivity index (χ4v) is 2.03. The van der Waals surface area contributed by atoms with Crippen LogP contribution in [-0.4, -0.2) is 11.8 Å². The molecule has 0 bridgehead atoms. The van der Waals surface area contributed by atoms with Gasteiger partial charge in [0, 0.05) is 17.7 Å². The maximum atomic E-state index is 11.8. The lowest BCUT2D eigenvalue weighted by molar-refractivity contribution is -0.116. The predicted molar refractivity (Wildman–Crippen MR) is 70.1 cm³/mol. The number of allylic oxidation sites excluding steroid dienone is 2. The van der Waals surface area contributed by atoms with Gasteiger partial charge < -0.3 is 11.1 Å². The number of nitrogens with two attached hydrogens (primary N) is 1. The van der Waals surface area contributed by atoms with Crippen LogP contribution in [0, 0.1) is 5.92 Å². The summed E-state index contributed by atoms with van der Waals surface area (Å²) in [4.78, 5) is 22.6. The topological polar surface area (TPSA) is 72.2 Å². The van der Waals surface area contributed by atoms with Crippen molar-refractivity contribution in [1.82, 2.24) is 0 Å². The highest BCUT2D eigenvalue weighted by Gasteiger charge is 2.14. The number of hydrogen-bond acceptors (Lipinski definition) is 2. The molecule has 0 spiro atoms. The molecule has 0 saturated heterocycles. The van der Waals surface area contributed by atoms with Crippen molar-refractivity contribution >= 4 is 17.5 Å². The molecule has 94 valence electrons. The lowest BCUT2D eigenvalue weighted by Gasteiger charge is -2.08. The summed E-state index contributed by atoms with van der Waals surface area (Å²) >= 11 is 0. The van der Waals surface area contributed by atoms with Gasteiger partial charge in [0.15, 0.2) is 0 Å². The minimum atomic E-state index is -0.469. The predicted octanol–water partition coefficient (Wildman–Crippen LogP) is 2.08. The first-order chi connectivity index (χ1) is 8.65. The molecule has 1 aliphatic rings. The van der Waals surface area contributed by atoms with E-state index in [2.05, 4.69) is 17.5 Å². The van der Waals surface area contributed by atoms with E-state index in [-0.39, 0.29) is 5.91 Å². The molecule has 1 aromatic rings. The molecule has 18 heavy (non-hydrogen) atoms. The molecule has 0 aromatic heterocycles. The zero-order valence-electron chi connectivity index (χ0n) is 10.1. The fourth-order valence-electron chi connectivity index (χ4n) is 2.03. The van der Waals surface area contributed by atoms with E-state index in [0.29, 0.717) is 23.6 Å². The van der Waals surface area contributed by atoms with E-state index in [1.165, 1.54) is 0 Å². The Hall–Kier alpha value is -2.10. The standard InChI is InChI=1S/C14H16N2O2/c15-14(18)11-5-7-12(8-6-11)16-13(17)9-10-3-1-2-4-10/h1,3,5-8,10H,2,4,9H2,(H2,15,18)(H,16,17)/t10-/m0/s1. The molecule has 4 nitrogen and oxygen atoms in total. The van der Waals surface area contributed by atoms with Gasteiger partial charge in [0.05, 0.1) is 0 Å². The molecule has 4 heteroatoms. The summed E-state index contributed by atoms with van der Waals surface area (Å²) in [6.45, 7) is 0. The smallest absolute Gasteiger partial charge is 0.248 e. The fraction of sp³-hybridized carbons (Fsp3) is 0.286. The molecule has 0 unspecified atom stereocenters. The summed E-state index contributed by atoms with van der Waals surface area (Å²) in [7, 11) is 0. The molecule has 1 aromatic carbocycles. The number of carbonyl (C=O) groups excluding carboxylic acids is 2. The van der Waals surface area contributed by atoms with Crippen molar-refractivity contribution < 1.29 is 9.59 Å². The second-order valence-corrected chi connectivity index (χ2v) is 4.46. The van der Waals surface area contributed by atoms with Gasteiger partial charge in [0.25, 0.3) is 0 Å². The molecular weight excluding hydrogens is 228 g/mol. The number of benzene rings is 1. The van der Waals surface area contributed by atoms with E-state index >= 15 is 0 Å². The number of nitrogens with one attached hydrogen (secondary N) is 1. The summed E-state index contributed by atoms with van der Waals surface area (Å²) in [6, 6.07) is 6.58. The van der Waals surface area contributed by atoms with Gasteiger partial charge in [-0.1, -0.05) is 12.2 Å². The third-order valence-electron chi connectivity index (χ3n) is 3.01. The van der Waals surface area contributed by atoms with Gasteiger partial charge in [0.1, 0.15) is 0 Å². The van der Waals surface area contributed by atoms with Gasteiger partial charge in [-0.25, -0.2) is 0 Å². The molecule has 0 fully saturated rings. The molecule has 2 amide bonds. The molecule has 0 radical (unpaired) electrons. The van der Waals surface area contributed by atoms with Crippen LogP contribution < -0.4 is 11.1 Å². The summed E-state index contributed by atoms with van der Waals surface area (Å²) in [6.07, 6.45) is 6.82. The Labute approximate surface area is 106 Å². The van der Waals surface area contributed by atoms with Crippen LogP contribution in [0.25, 0.3) is 0 Å². The monoisotopic (exact) mass is 244 g/mol. The Kier molecular flexibility index (Phi) is 3.77.